The SMILES string of the molecule is CCn1c(C)c(C(=O)N(C)C)c(C(=O)N(C)C)c1Cc1ccccc1. The second-order valence-corrected chi connectivity index (χ2v) is 6.59. The normalized spacial score (nSPS) is 10.6. The van der Waals surface area contributed by atoms with E-state index in [0.717, 1.165) is 17.0 Å². The highest BCUT2D eigenvalue weighted by atomic mass is 16.2. The van der Waals surface area contributed by atoms with Crippen LogP contribution in [0.2, 0.25) is 0 Å². The summed E-state index contributed by atoms with van der Waals surface area (Å²) in [6.07, 6.45) is 0.616. The van der Waals surface area contributed by atoms with Crippen molar-refractivity contribution in [3.8, 4) is 0 Å². The predicted octanol–water partition coefficient (Wildman–Crippen LogP) is 2.81. The summed E-state index contributed by atoms with van der Waals surface area (Å²) in [6, 6.07) is 10.0. The highest BCUT2D eigenvalue weighted by molar-refractivity contribution is 6.09. The molecule has 1 aromatic carbocycles. The lowest BCUT2D eigenvalue weighted by Crippen LogP contribution is -2.28. The monoisotopic (exact) mass is 341 g/mol. The number of aromatic nitrogens is 1. The summed E-state index contributed by atoms with van der Waals surface area (Å²) in [5, 5.41) is 0. The maximum atomic E-state index is 12.9. The number of carbonyl (C=O) groups excluding carboxylic acids is 2. The highest BCUT2D eigenvalue weighted by Gasteiger charge is 2.30. The molecule has 0 unspecified atom stereocenters. The third kappa shape index (κ3) is 3.60. The molecule has 5 heteroatoms. The minimum atomic E-state index is -0.135. The van der Waals surface area contributed by atoms with Crippen molar-refractivity contribution in [1.29, 1.82) is 0 Å². The number of nitrogens with zero attached hydrogens (tertiary/aromatic N) is 3. The molecule has 5 nitrogen and oxygen atoms in total. The molecule has 1 aromatic heterocycles. The summed E-state index contributed by atoms with van der Waals surface area (Å²) in [6.45, 7) is 4.67. The van der Waals surface area contributed by atoms with Gasteiger partial charge in [-0.2, -0.15) is 0 Å². The second-order valence-electron chi connectivity index (χ2n) is 6.59. The van der Waals surface area contributed by atoms with Crippen LogP contribution < -0.4 is 0 Å². The second kappa shape index (κ2) is 7.55. The molecule has 0 aliphatic carbocycles. The number of benzene rings is 1. The predicted molar refractivity (Wildman–Crippen MR) is 100 cm³/mol. The Morgan fingerprint density at radius 1 is 0.920 bits per heavy atom. The Bertz CT molecular complexity index is 774. The maximum Gasteiger partial charge on any atom is 0.256 e. The van der Waals surface area contributed by atoms with Gasteiger partial charge in [0.2, 0.25) is 0 Å². The van der Waals surface area contributed by atoms with E-state index >= 15 is 0 Å². The van der Waals surface area contributed by atoms with Crippen LogP contribution in [-0.4, -0.2) is 54.4 Å². The summed E-state index contributed by atoms with van der Waals surface area (Å²) in [4.78, 5) is 28.8. The van der Waals surface area contributed by atoms with Crippen molar-refractivity contribution in [1.82, 2.24) is 14.4 Å². The van der Waals surface area contributed by atoms with Crippen molar-refractivity contribution in [3.05, 3.63) is 58.4 Å². The molecule has 0 radical (unpaired) electrons. The summed E-state index contributed by atoms with van der Waals surface area (Å²) >= 11 is 0. The number of carbonyl (C=O) groups is 2. The lowest BCUT2D eigenvalue weighted by molar-refractivity contribution is 0.0790. The smallest absolute Gasteiger partial charge is 0.256 e. The lowest BCUT2D eigenvalue weighted by atomic mass is 10.0. The van der Waals surface area contributed by atoms with Crippen LogP contribution in [-0.2, 0) is 13.0 Å². The fourth-order valence-electron chi connectivity index (χ4n) is 3.14. The van der Waals surface area contributed by atoms with E-state index in [9.17, 15) is 9.59 Å². The first kappa shape index (κ1) is 18.8. The van der Waals surface area contributed by atoms with Gasteiger partial charge in [-0.3, -0.25) is 9.59 Å². The van der Waals surface area contributed by atoms with Crippen molar-refractivity contribution in [2.24, 2.45) is 0 Å². The van der Waals surface area contributed by atoms with Gasteiger partial charge in [-0.05, 0) is 19.4 Å². The zero-order valence-corrected chi connectivity index (χ0v) is 16.0. The van der Waals surface area contributed by atoms with Crippen LogP contribution in [0, 0.1) is 6.92 Å². The van der Waals surface area contributed by atoms with Gasteiger partial charge in [0.05, 0.1) is 11.1 Å². The molecule has 2 aromatic rings. The van der Waals surface area contributed by atoms with Gasteiger partial charge in [0.15, 0.2) is 0 Å². The molecule has 0 saturated carbocycles. The van der Waals surface area contributed by atoms with Gasteiger partial charge < -0.3 is 14.4 Å². The number of hydrogen-bond donors (Lipinski definition) is 0. The van der Waals surface area contributed by atoms with Crippen LogP contribution in [0.4, 0.5) is 0 Å². The molecule has 0 aliphatic heterocycles. The average molecular weight is 341 g/mol. The van der Waals surface area contributed by atoms with Crippen LogP contribution in [0.5, 0.6) is 0 Å². The Hall–Kier alpha value is -2.56. The van der Waals surface area contributed by atoms with Crippen LogP contribution in [0.25, 0.3) is 0 Å². The fraction of sp³-hybridized carbons (Fsp3) is 0.400. The Labute approximate surface area is 149 Å². The number of rotatable bonds is 5. The maximum absolute atomic E-state index is 12.9. The minimum Gasteiger partial charge on any atom is -0.347 e. The quantitative estimate of drug-likeness (QED) is 0.839. The first-order valence-electron chi connectivity index (χ1n) is 8.48. The van der Waals surface area contributed by atoms with Crippen molar-refractivity contribution in [2.75, 3.05) is 28.2 Å². The molecule has 0 aliphatic rings. The van der Waals surface area contributed by atoms with Crippen LogP contribution >= 0.6 is 0 Å². The Morgan fingerprint density at radius 3 is 1.92 bits per heavy atom. The van der Waals surface area contributed by atoms with E-state index in [2.05, 4.69) is 4.57 Å². The molecule has 0 fully saturated rings. The Balaban J connectivity index is 2.73. The first-order chi connectivity index (χ1) is 11.8. The van der Waals surface area contributed by atoms with E-state index in [0.29, 0.717) is 24.1 Å². The van der Waals surface area contributed by atoms with Gasteiger partial charge in [-0.25, -0.2) is 0 Å². The summed E-state index contributed by atoms with van der Waals surface area (Å²) in [7, 11) is 6.87. The minimum absolute atomic E-state index is 0.133. The van der Waals surface area contributed by atoms with E-state index in [1.54, 1.807) is 28.2 Å². The van der Waals surface area contributed by atoms with Crippen LogP contribution in [0.3, 0.4) is 0 Å². The van der Waals surface area contributed by atoms with E-state index in [1.165, 1.54) is 9.80 Å². The van der Waals surface area contributed by atoms with Crippen molar-refractivity contribution in [3.63, 3.8) is 0 Å². The van der Waals surface area contributed by atoms with Gasteiger partial charge in [0, 0.05) is 52.5 Å². The van der Waals surface area contributed by atoms with E-state index < -0.39 is 0 Å². The molecule has 1 heterocycles. The molecule has 25 heavy (non-hydrogen) atoms. The molecular weight excluding hydrogens is 314 g/mol. The zero-order chi connectivity index (χ0) is 18.7. The lowest BCUT2D eigenvalue weighted by Gasteiger charge is -2.16. The molecule has 2 amide bonds. The van der Waals surface area contributed by atoms with E-state index in [1.807, 2.05) is 44.2 Å². The van der Waals surface area contributed by atoms with Gasteiger partial charge in [-0.15, -0.1) is 0 Å². The van der Waals surface area contributed by atoms with Crippen molar-refractivity contribution >= 4 is 11.8 Å². The number of amides is 2. The molecule has 0 N–H and O–H groups in total. The van der Waals surface area contributed by atoms with E-state index in [-0.39, 0.29) is 11.8 Å². The topological polar surface area (TPSA) is 45.6 Å². The van der Waals surface area contributed by atoms with E-state index in [4.69, 9.17) is 0 Å². The summed E-state index contributed by atoms with van der Waals surface area (Å²) in [5.74, 6) is -0.268. The highest BCUT2D eigenvalue weighted by Crippen LogP contribution is 2.27. The third-order valence-electron chi connectivity index (χ3n) is 4.40. The summed E-state index contributed by atoms with van der Waals surface area (Å²) < 4.78 is 2.08. The molecule has 0 bridgehead atoms. The largest absolute Gasteiger partial charge is 0.347 e. The molecule has 2 rings (SSSR count). The van der Waals surface area contributed by atoms with Gasteiger partial charge in [-0.1, -0.05) is 30.3 Å². The molecule has 0 spiro atoms. The Morgan fingerprint density at radius 2 is 1.44 bits per heavy atom. The standard InChI is InChI=1S/C20H27N3O2/c1-7-23-14(2)17(19(24)21(3)4)18(20(25)22(5)6)16(23)13-15-11-9-8-10-12-15/h8-12H,7,13H2,1-6H3. The summed E-state index contributed by atoms with van der Waals surface area (Å²) in [5.41, 5.74) is 3.89. The van der Waals surface area contributed by atoms with Gasteiger partial charge in [0.1, 0.15) is 0 Å². The Kier molecular flexibility index (Phi) is 5.67. The van der Waals surface area contributed by atoms with Gasteiger partial charge in [0.25, 0.3) is 11.8 Å². The molecule has 0 atom stereocenters. The third-order valence-corrected chi connectivity index (χ3v) is 4.40. The molecule has 134 valence electrons. The average Bonchev–Trinajstić information content (AvgIpc) is 2.85. The van der Waals surface area contributed by atoms with Crippen molar-refractivity contribution in [2.45, 2.75) is 26.8 Å². The number of hydrogen-bond acceptors (Lipinski definition) is 2. The fourth-order valence-corrected chi connectivity index (χ4v) is 3.14. The van der Waals surface area contributed by atoms with Crippen molar-refractivity contribution < 1.29 is 9.59 Å². The molecule has 0 saturated heterocycles. The zero-order valence-electron chi connectivity index (χ0n) is 16.0. The first-order valence-corrected chi connectivity index (χ1v) is 8.48. The van der Waals surface area contributed by atoms with Crippen LogP contribution in [0.15, 0.2) is 30.3 Å². The van der Waals surface area contributed by atoms with Crippen LogP contribution in [0.1, 0.15) is 44.6 Å². The van der Waals surface area contributed by atoms with Gasteiger partial charge >= 0.3 is 0 Å². The molecular formula is C20H27N3O2.